The van der Waals surface area contributed by atoms with E-state index in [2.05, 4.69) is 0 Å². The Balaban J connectivity index is 2.06. The van der Waals surface area contributed by atoms with Gasteiger partial charge in [-0.3, -0.25) is 9.36 Å². The lowest BCUT2D eigenvalue weighted by Crippen LogP contribution is -2.12. The molecule has 5 heteroatoms. The number of ketones is 1. The molecule has 0 aromatic heterocycles. The lowest BCUT2D eigenvalue weighted by molar-refractivity contribution is 0.0958. The third-order valence-corrected chi connectivity index (χ3v) is 5.79. The van der Waals surface area contributed by atoms with E-state index in [9.17, 15) is 9.36 Å². The maximum atomic E-state index is 12.7. The van der Waals surface area contributed by atoms with Crippen LogP contribution >= 0.6 is 7.60 Å². The highest BCUT2D eigenvalue weighted by Gasteiger charge is 2.26. The highest BCUT2D eigenvalue weighted by molar-refractivity contribution is 7.62. The Morgan fingerprint density at radius 1 is 1.04 bits per heavy atom. The Morgan fingerprint density at radius 3 is 2.17 bits per heavy atom. The molecule has 0 aliphatic rings. The molecule has 24 heavy (non-hydrogen) atoms. The Labute approximate surface area is 143 Å². The van der Waals surface area contributed by atoms with E-state index >= 15 is 0 Å². The average molecular weight is 346 g/mol. The van der Waals surface area contributed by atoms with E-state index in [1.807, 2.05) is 39.0 Å². The molecular formula is C19H23O4P. The Hall–Kier alpha value is -1.74. The topological polar surface area (TPSA) is 52.6 Å². The van der Waals surface area contributed by atoms with Crippen LogP contribution < -0.4 is 5.30 Å². The van der Waals surface area contributed by atoms with Crippen LogP contribution in [0.1, 0.15) is 33.5 Å². The van der Waals surface area contributed by atoms with Crippen molar-refractivity contribution in [1.29, 1.82) is 0 Å². The van der Waals surface area contributed by atoms with E-state index in [1.54, 1.807) is 24.3 Å². The summed E-state index contributed by atoms with van der Waals surface area (Å²) < 4.78 is 23.3. The van der Waals surface area contributed by atoms with E-state index in [0.29, 0.717) is 5.30 Å². The Morgan fingerprint density at radius 2 is 1.62 bits per heavy atom. The highest BCUT2D eigenvalue weighted by atomic mass is 31.2. The van der Waals surface area contributed by atoms with Crippen LogP contribution in [-0.2, 0) is 13.6 Å². The average Bonchev–Trinajstić information content (AvgIpc) is 2.54. The molecule has 0 aliphatic heterocycles. The lowest BCUT2D eigenvalue weighted by atomic mass is 9.95. The van der Waals surface area contributed by atoms with Gasteiger partial charge in [-0.2, -0.15) is 0 Å². The van der Waals surface area contributed by atoms with Crippen LogP contribution in [-0.4, -0.2) is 19.5 Å². The fraction of sp³-hybridized carbons (Fsp3) is 0.316. The van der Waals surface area contributed by atoms with Gasteiger partial charge in [-0.05, 0) is 44.0 Å². The number of rotatable bonds is 7. The molecule has 0 heterocycles. The quantitative estimate of drug-likeness (QED) is 0.552. The van der Waals surface area contributed by atoms with Crippen molar-refractivity contribution in [2.24, 2.45) is 0 Å². The van der Waals surface area contributed by atoms with Crippen LogP contribution in [0.3, 0.4) is 0 Å². The molecule has 1 unspecified atom stereocenters. The smallest absolute Gasteiger partial charge is 0.309 e. The molecule has 0 N–H and O–H groups in total. The number of hydrogen-bond donors (Lipinski definition) is 0. The lowest BCUT2D eigenvalue weighted by Gasteiger charge is -2.16. The van der Waals surface area contributed by atoms with E-state index in [0.717, 1.165) is 22.3 Å². The summed E-state index contributed by atoms with van der Waals surface area (Å²) >= 11 is 0. The summed E-state index contributed by atoms with van der Waals surface area (Å²) in [7, 11) is -2.03. The van der Waals surface area contributed by atoms with Crippen molar-refractivity contribution in [3.8, 4) is 0 Å². The SMILES string of the molecule is COP(=O)(OCCC(=O)c1c(C)cc(C)cc1C)c1ccccc1. The summed E-state index contributed by atoms with van der Waals surface area (Å²) in [6.07, 6.45) is 0.158. The third kappa shape index (κ3) is 4.21. The van der Waals surface area contributed by atoms with E-state index in [-0.39, 0.29) is 18.8 Å². The fourth-order valence-electron chi connectivity index (χ4n) is 2.85. The zero-order valence-corrected chi connectivity index (χ0v) is 15.4. The van der Waals surface area contributed by atoms with Crippen LogP contribution in [0.2, 0.25) is 0 Å². The van der Waals surface area contributed by atoms with Crippen LogP contribution in [0.4, 0.5) is 0 Å². The second kappa shape index (κ2) is 7.89. The van der Waals surface area contributed by atoms with Crippen molar-refractivity contribution in [2.45, 2.75) is 27.2 Å². The molecule has 2 aromatic rings. The number of Topliss-reactive ketones (excluding diaryl/α,β-unsaturated/α-hetero) is 1. The minimum Gasteiger partial charge on any atom is -0.309 e. The largest absolute Gasteiger partial charge is 0.361 e. The van der Waals surface area contributed by atoms with Crippen molar-refractivity contribution in [3.05, 3.63) is 64.7 Å². The van der Waals surface area contributed by atoms with Gasteiger partial charge in [-0.1, -0.05) is 35.9 Å². The summed E-state index contributed by atoms with van der Waals surface area (Å²) in [5.74, 6) is -0.0132. The molecule has 0 aliphatic carbocycles. The van der Waals surface area contributed by atoms with Crippen molar-refractivity contribution >= 4 is 18.7 Å². The summed E-state index contributed by atoms with van der Waals surface area (Å²) in [5.41, 5.74) is 3.76. The number of hydrogen-bond acceptors (Lipinski definition) is 4. The number of aryl methyl sites for hydroxylation is 3. The fourth-order valence-corrected chi connectivity index (χ4v) is 4.18. The Bertz CT molecular complexity index is 745. The van der Waals surface area contributed by atoms with E-state index in [4.69, 9.17) is 9.05 Å². The third-order valence-electron chi connectivity index (χ3n) is 3.86. The van der Waals surface area contributed by atoms with Crippen molar-refractivity contribution in [1.82, 2.24) is 0 Å². The standard InChI is InChI=1S/C19H23O4P/c1-14-12-15(2)19(16(3)13-14)18(20)10-11-23-24(21,22-4)17-8-6-5-7-9-17/h5-9,12-13H,10-11H2,1-4H3. The summed E-state index contributed by atoms with van der Waals surface area (Å²) in [5, 5.41) is 0.489. The maximum Gasteiger partial charge on any atom is 0.361 e. The molecule has 0 fully saturated rings. The van der Waals surface area contributed by atoms with Crippen molar-refractivity contribution < 1.29 is 18.4 Å². The maximum absolute atomic E-state index is 12.7. The second-order valence-electron chi connectivity index (χ2n) is 5.80. The molecule has 0 saturated carbocycles. The minimum absolute atomic E-state index is 0.0132. The molecule has 0 amide bonds. The van der Waals surface area contributed by atoms with E-state index in [1.165, 1.54) is 7.11 Å². The molecule has 128 valence electrons. The molecule has 0 spiro atoms. The number of carbonyl (C=O) groups is 1. The van der Waals surface area contributed by atoms with Crippen LogP contribution in [0, 0.1) is 20.8 Å². The normalized spacial score (nSPS) is 13.5. The van der Waals surface area contributed by atoms with Gasteiger partial charge in [0.2, 0.25) is 0 Å². The molecular weight excluding hydrogens is 323 g/mol. The molecule has 0 bridgehead atoms. The zero-order chi connectivity index (χ0) is 17.7. The molecule has 1 atom stereocenters. The molecule has 0 saturated heterocycles. The van der Waals surface area contributed by atoms with E-state index < -0.39 is 7.60 Å². The van der Waals surface area contributed by atoms with Crippen LogP contribution in [0.25, 0.3) is 0 Å². The van der Waals surface area contributed by atoms with Crippen molar-refractivity contribution in [3.63, 3.8) is 0 Å². The molecule has 2 aromatic carbocycles. The monoisotopic (exact) mass is 346 g/mol. The van der Waals surface area contributed by atoms with Gasteiger partial charge >= 0.3 is 7.60 Å². The minimum atomic E-state index is -3.38. The summed E-state index contributed by atoms with van der Waals surface area (Å²) in [4.78, 5) is 12.5. The first-order valence-electron chi connectivity index (χ1n) is 7.84. The van der Waals surface area contributed by atoms with Gasteiger partial charge in [-0.15, -0.1) is 0 Å². The highest BCUT2D eigenvalue weighted by Crippen LogP contribution is 2.46. The molecule has 2 rings (SSSR count). The van der Waals surface area contributed by atoms with Gasteiger partial charge in [0.05, 0.1) is 11.9 Å². The van der Waals surface area contributed by atoms with Gasteiger partial charge in [0.1, 0.15) is 0 Å². The predicted octanol–water partition coefficient (Wildman–Crippen LogP) is 4.37. The van der Waals surface area contributed by atoms with Crippen molar-refractivity contribution in [2.75, 3.05) is 13.7 Å². The summed E-state index contributed by atoms with van der Waals surface area (Å²) in [6.45, 7) is 5.91. The first-order chi connectivity index (χ1) is 11.4. The first kappa shape index (κ1) is 18.6. The van der Waals surface area contributed by atoms with Crippen LogP contribution in [0.5, 0.6) is 0 Å². The molecule has 4 nitrogen and oxygen atoms in total. The number of carbonyl (C=O) groups excluding carboxylic acids is 1. The number of benzene rings is 2. The predicted molar refractivity (Wildman–Crippen MR) is 96.2 cm³/mol. The van der Waals surface area contributed by atoms with Gasteiger partial charge in [-0.25, -0.2) is 0 Å². The van der Waals surface area contributed by atoms with Crippen LogP contribution in [0.15, 0.2) is 42.5 Å². The molecule has 0 radical (unpaired) electrons. The Kier molecular flexibility index (Phi) is 6.11. The zero-order valence-electron chi connectivity index (χ0n) is 14.5. The van der Waals surface area contributed by atoms with Gasteiger partial charge in [0, 0.05) is 19.1 Å². The first-order valence-corrected chi connectivity index (χ1v) is 9.38. The van der Waals surface area contributed by atoms with Gasteiger partial charge in [0.15, 0.2) is 5.78 Å². The van der Waals surface area contributed by atoms with Gasteiger partial charge in [0.25, 0.3) is 0 Å². The second-order valence-corrected chi connectivity index (χ2v) is 7.93. The summed E-state index contributed by atoms with van der Waals surface area (Å²) in [6, 6.07) is 12.7. The van der Waals surface area contributed by atoms with Gasteiger partial charge < -0.3 is 9.05 Å².